The molecule has 2 heteroatoms. The van der Waals surface area contributed by atoms with Crippen molar-refractivity contribution < 1.29 is 0 Å². The molecule has 0 amide bonds. The van der Waals surface area contributed by atoms with E-state index in [-0.39, 0.29) is 0 Å². The molecule has 0 saturated carbocycles. The summed E-state index contributed by atoms with van der Waals surface area (Å²) in [5, 5.41) is 7.14. The molecule has 0 aliphatic carbocycles. The molecule has 98 valence electrons. The molecule has 1 aromatic carbocycles. The zero-order chi connectivity index (χ0) is 13.0. The SMILES string of the molecule is CCCC(C)(CNC)Cc1csc2ccccc12. The van der Waals surface area contributed by atoms with Crippen LogP contribution in [0.25, 0.3) is 10.1 Å². The van der Waals surface area contributed by atoms with E-state index in [0.717, 1.165) is 6.54 Å². The number of fused-ring (bicyclic) bond motifs is 1. The fraction of sp³-hybridized carbons (Fsp3) is 0.500. The second-order valence-corrected chi connectivity index (χ2v) is 6.44. The van der Waals surface area contributed by atoms with Gasteiger partial charge in [-0.25, -0.2) is 0 Å². The summed E-state index contributed by atoms with van der Waals surface area (Å²) in [6.07, 6.45) is 3.70. The van der Waals surface area contributed by atoms with Crippen LogP contribution in [0.4, 0.5) is 0 Å². The fourth-order valence-electron chi connectivity index (χ4n) is 2.90. The summed E-state index contributed by atoms with van der Waals surface area (Å²) in [5.74, 6) is 0. The lowest BCUT2D eigenvalue weighted by atomic mass is 9.79. The van der Waals surface area contributed by atoms with Crippen molar-refractivity contribution in [3.63, 3.8) is 0 Å². The van der Waals surface area contributed by atoms with Crippen LogP contribution in [0.5, 0.6) is 0 Å². The van der Waals surface area contributed by atoms with Gasteiger partial charge in [-0.2, -0.15) is 0 Å². The van der Waals surface area contributed by atoms with E-state index in [0.29, 0.717) is 5.41 Å². The van der Waals surface area contributed by atoms with Gasteiger partial charge in [0.1, 0.15) is 0 Å². The highest BCUT2D eigenvalue weighted by Crippen LogP contribution is 2.33. The van der Waals surface area contributed by atoms with Crippen LogP contribution in [0.1, 0.15) is 32.3 Å². The predicted octanol–water partition coefficient (Wildman–Crippen LogP) is 4.47. The van der Waals surface area contributed by atoms with Crippen LogP contribution in [0.2, 0.25) is 0 Å². The van der Waals surface area contributed by atoms with E-state index in [4.69, 9.17) is 0 Å². The Labute approximate surface area is 114 Å². The molecule has 0 saturated heterocycles. The molecule has 18 heavy (non-hydrogen) atoms. The second kappa shape index (κ2) is 5.85. The predicted molar refractivity (Wildman–Crippen MR) is 82.5 cm³/mol. The molecular weight excluding hydrogens is 238 g/mol. The summed E-state index contributed by atoms with van der Waals surface area (Å²) >= 11 is 1.87. The van der Waals surface area contributed by atoms with Crippen molar-refractivity contribution in [2.24, 2.45) is 5.41 Å². The van der Waals surface area contributed by atoms with Crippen LogP contribution in [0.15, 0.2) is 29.6 Å². The van der Waals surface area contributed by atoms with Gasteiger partial charge < -0.3 is 5.32 Å². The Hall–Kier alpha value is -0.860. The monoisotopic (exact) mass is 261 g/mol. The minimum atomic E-state index is 0.368. The van der Waals surface area contributed by atoms with Crippen molar-refractivity contribution in [3.8, 4) is 0 Å². The number of rotatable bonds is 6. The van der Waals surface area contributed by atoms with Crippen molar-refractivity contribution in [2.75, 3.05) is 13.6 Å². The van der Waals surface area contributed by atoms with E-state index >= 15 is 0 Å². The maximum absolute atomic E-state index is 3.36. The van der Waals surface area contributed by atoms with E-state index in [1.54, 1.807) is 0 Å². The standard InChI is InChI=1S/C16H23NS/c1-4-9-16(2,12-17-3)10-13-11-18-15-8-6-5-7-14(13)15/h5-8,11,17H,4,9-10,12H2,1-3H3. The van der Waals surface area contributed by atoms with Gasteiger partial charge in [-0.15, -0.1) is 11.3 Å². The lowest BCUT2D eigenvalue weighted by Crippen LogP contribution is -2.31. The Bertz CT molecular complexity index is 495. The zero-order valence-electron chi connectivity index (χ0n) is 11.6. The third kappa shape index (κ3) is 2.93. The van der Waals surface area contributed by atoms with Gasteiger partial charge in [0.05, 0.1) is 0 Å². The summed E-state index contributed by atoms with van der Waals surface area (Å²) in [6.45, 7) is 5.77. The number of thiophene rings is 1. The van der Waals surface area contributed by atoms with Crippen LogP contribution >= 0.6 is 11.3 Å². The smallest absolute Gasteiger partial charge is 0.0345 e. The van der Waals surface area contributed by atoms with Gasteiger partial charge in [0, 0.05) is 11.2 Å². The molecule has 1 heterocycles. The van der Waals surface area contributed by atoms with Crippen LogP contribution in [0.3, 0.4) is 0 Å². The Kier molecular flexibility index (Phi) is 4.41. The molecule has 1 atom stereocenters. The first kappa shape index (κ1) is 13.6. The maximum atomic E-state index is 3.36. The Morgan fingerprint density at radius 1 is 1.28 bits per heavy atom. The molecular formula is C16H23NS. The minimum Gasteiger partial charge on any atom is -0.319 e. The highest BCUT2D eigenvalue weighted by Gasteiger charge is 2.24. The molecule has 0 bridgehead atoms. The molecule has 0 spiro atoms. The van der Waals surface area contributed by atoms with Crippen molar-refractivity contribution in [3.05, 3.63) is 35.2 Å². The highest BCUT2D eigenvalue weighted by atomic mass is 32.1. The average molecular weight is 261 g/mol. The number of hydrogen-bond donors (Lipinski definition) is 1. The topological polar surface area (TPSA) is 12.0 Å². The van der Waals surface area contributed by atoms with E-state index in [9.17, 15) is 0 Å². The van der Waals surface area contributed by atoms with E-state index < -0.39 is 0 Å². The summed E-state index contributed by atoms with van der Waals surface area (Å²) < 4.78 is 1.41. The van der Waals surface area contributed by atoms with Gasteiger partial charge in [-0.05, 0) is 47.7 Å². The van der Waals surface area contributed by atoms with Gasteiger partial charge in [0.25, 0.3) is 0 Å². The van der Waals surface area contributed by atoms with Crippen LogP contribution in [0, 0.1) is 5.41 Å². The third-order valence-electron chi connectivity index (χ3n) is 3.64. The lowest BCUT2D eigenvalue weighted by Gasteiger charge is -2.29. The summed E-state index contributed by atoms with van der Waals surface area (Å²) in [6, 6.07) is 8.75. The van der Waals surface area contributed by atoms with E-state index in [1.807, 2.05) is 11.3 Å². The van der Waals surface area contributed by atoms with Gasteiger partial charge in [0.15, 0.2) is 0 Å². The first-order valence-electron chi connectivity index (χ1n) is 6.78. The Balaban J connectivity index is 2.25. The molecule has 0 radical (unpaired) electrons. The van der Waals surface area contributed by atoms with Crippen LogP contribution in [-0.2, 0) is 6.42 Å². The van der Waals surface area contributed by atoms with Crippen molar-refractivity contribution in [1.29, 1.82) is 0 Å². The molecule has 0 fully saturated rings. The molecule has 1 N–H and O–H groups in total. The van der Waals surface area contributed by atoms with Gasteiger partial charge in [0.2, 0.25) is 0 Å². The Morgan fingerprint density at radius 3 is 2.78 bits per heavy atom. The van der Waals surface area contributed by atoms with E-state index in [2.05, 4.69) is 55.9 Å². The number of nitrogens with one attached hydrogen (secondary N) is 1. The van der Waals surface area contributed by atoms with Crippen LogP contribution < -0.4 is 5.32 Å². The van der Waals surface area contributed by atoms with E-state index in [1.165, 1.54) is 34.9 Å². The molecule has 0 aliphatic rings. The van der Waals surface area contributed by atoms with Crippen molar-refractivity contribution in [2.45, 2.75) is 33.1 Å². The second-order valence-electron chi connectivity index (χ2n) is 5.52. The first-order valence-corrected chi connectivity index (χ1v) is 7.66. The zero-order valence-corrected chi connectivity index (χ0v) is 12.4. The quantitative estimate of drug-likeness (QED) is 0.809. The molecule has 1 aromatic heterocycles. The van der Waals surface area contributed by atoms with Gasteiger partial charge in [-0.3, -0.25) is 0 Å². The molecule has 1 nitrogen and oxygen atoms in total. The van der Waals surface area contributed by atoms with Gasteiger partial charge >= 0.3 is 0 Å². The maximum Gasteiger partial charge on any atom is 0.0345 e. The normalized spacial score (nSPS) is 14.8. The van der Waals surface area contributed by atoms with Crippen molar-refractivity contribution in [1.82, 2.24) is 5.32 Å². The molecule has 1 unspecified atom stereocenters. The van der Waals surface area contributed by atoms with Crippen LogP contribution in [-0.4, -0.2) is 13.6 Å². The van der Waals surface area contributed by atoms with Gasteiger partial charge in [-0.1, -0.05) is 38.5 Å². The largest absolute Gasteiger partial charge is 0.319 e. The number of hydrogen-bond acceptors (Lipinski definition) is 2. The third-order valence-corrected chi connectivity index (χ3v) is 4.65. The minimum absolute atomic E-state index is 0.368. The summed E-state index contributed by atoms with van der Waals surface area (Å²) in [5.41, 5.74) is 1.88. The molecule has 2 rings (SSSR count). The average Bonchev–Trinajstić information content (AvgIpc) is 2.73. The Morgan fingerprint density at radius 2 is 2.06 bits per heavy atom. The first-order chi connectivity index (χ1) is 8.68. The summed E-state index contributed by atoms with van der Waals surface area (Å²) in [7, 11) is 2.06. The lowest BCUT2D eigenvalue weighted by molar-refractivity contribution is 0.284. The number of benzene rings is 1. The molecule has 0 aliphatic heterocycles. The van der Waals surface area contributed by atoms with Crippen molar-refractivity contribution >= 4 is 21.4 Å². The fourth-order valence-corrected chi connectivity index (χ4v) is 3.86. The summed E-state index contributed by atoms with van der Waals surface area (Å²) in [4.78, 5) is 0. The highest BCUT2D eigenvalue weighted by molar-refractivity contribution is 7.17. The molecule has 2 aromatic rings.